The molecule has 1 heterocycles. The Morgan fingerprint density at radius 3 is 2.75 bits per heavy atom. The molecule has 0 atom stereocenters. The van der Waals surface area contributed by atoms with Gasteiger partial charge in [-0.2, -0.15) is 0 Å². The quantitative estimate of drug-likeness (QED) is 0.699. The molecule has 1 aliphatic carbocycles. The molecule has 0 unspecified atom stereocenters. The number of esters is 1. The van der Waals surface area contributed by atoms with Crippen molar-refractivity contribution in [1.29, 1.82) is 0 Å². The van der Waals surface area contributed by atoms with Crippen molar-refractivity contribution in [3.63, 3.8) is 0 Å². The zero-order valence-corrected chi connectivity index (χ0v) is 9.43. The van der Waals surface area contributed by atoms with Gasteiger partial charge in [0.05, 0.1) is 18.8 Å². The van der Waals surface area contributed by atoms with Crippen LogP contribution in [0.4, 0.5) is 0 Å². The molecule has 1 fully saturated rings. The number of hydrogen-bond acceptors (Lipinski definition) is 4. The number of methoxy groups -OCH3 is 1. The maximum atomic E-state index is 11.4. The van der Waals surface area contributed by atoms with Gasteiger partial charge in [0, 0.05) is 12.7 Å². The van der Waals surface area contributed by atoms with Gasteiger partial charge in [0.2, 0.25) is 0 Å². The number of carbonyl (C=O) groups is 1. The topological polar surface area (TPSA) is 77.5 Å². The molecule has 88 valence electrons. The van der Waals surface area contributed by atoms with Crippen molar-refractivity contribution < 1.29 is 14.6 Å². The van der Waals surface area contributed by atoms with Crippen LogP contribution >= 0.6 is 0 Å². The van der Waals surface area contributed by atoms with Crippen LogP contribution in [0.25, 0.3) is 0 Å². The molecule has 0 bridgehead atoms. The predicted octanol–water partition coefficient (Wildman–Crippen LogP) is 0.120. The van der Waals surface area contributed by atoms with Crippen LogP contribution in [0.5, 0.6) is 0 Å². The Labute approximate surface area is 93.8 Å². The number of ether oxygens (including phenoxy) is 1. The normalized spacial score (nSPS) is 28.6. The maximum absolute atomic E-state index is 11.4. The molecule has 1 aromatic heterocycles. The molecule has 0 radical (unpaired) electrons. The van der Waals surface area contributed by atoms with Crippen LogP contribution in [0.2, 0.25) is 0 Å². The van der Waals surface area contributed by atoms with E-state index >= 15 is 0 Å². The molecule has 1 aliphatic rings. The maximum Gasteiger partial charge on any atom is 0.354 e. The number of carbonyl (C=O) groups excluding carboxylic acids is 1. The lowest BCUT2D eigenvalue weighted by atomic mass is 9.73. The second-order valence-electron chi connectivity index (χ2n) is 4.37. The summed E-state index contributed by atoms with van der Waals surface area (Å²) in [5, 5.41) is 9.32. The fraction of sp³-hybridized carbons (Fsp3) is 0.545. The molecule has 16 heavy (non-hydrogen) atoms. The largest absolute Gasteiger partial charge is 0.464 e. The molecule has 0 saturated heterocycles. The van der Waals surface area contributed by atoms with Crippen molar-refractivity contribution in [3.05, 3.63) is 23.5 Å². The predicted molar refractivity (Wildman–Crippen MR) is 57.9 cm³/mol. The summed E-state index contributed by atoms with van der Waals surface area (Å²) in [5.74, 6) is -0.378. The Balaban J connectivity index is 2.31. The number of aromatic nitrogens is 1. The van der Waals surface area contributed by atoms with E-state index in [0.29, 0.717) is 18.5 Å². The molecule has 1 aromatic rings. The van der Waals surface area contributed by atoms with Gasteiger partial charge < -0.3 is 20.1 Å². The molecule has 1 saturated carbocycles. The third kappa shape index (κ3) is 1.52. The van der Waals surface area contributed by atoms with E-state index < -0.39 is 5.54 Å². The summed E-state index contributed by atoms with van der Waals surface area (Å²) in [6.45, 7) is 0. The SMILES string of the molecule is COC(=O)c1ccc(C2(N)CC(O)C2)n1C. The third-order valence-corrected chi connectivity index (χ3v) is 3.23. The summed E-state index contributed by atoms with van der Waals surface area (Å²) in [5.41, 5.74) is 6.96. The highest BCUT2D eigenvalue weighted by Crippen LogP contribution is 2.39. The van der Waals surface area contributed by atoms with Crippen LogP contribution in [0.15, 0.2) is 12.1 Å². The summed E-state index contributed by atoms with van der Waals surface area (Å²) >= 11 is 0. The standard InChI is InChI=1S/C11H16N2O3/c1-13-8(10(15)16-2)3-4-9(13)11(12)5-7(14)6-11/h3-4,7,14H,5-6,12H2,1-2H3. The van der Waals surface area contributed by atoms with E-state index in [4.69, 9.17) is 5.73 Å². The molecule has 0 amide bonds. The zero-order chi connectivity index (χ0) is 11.9. The number of nitrogens with two attached hydrogens (primary N) is 1. The Kier molecular flexibility index (Phi) is 2.52. The highest BCUT2D eigenvalue weighted by atomic mass is 16.5. The third-order valence-electron chi connectivity index (χ3n) is 3.23. The van der Waals surface area contributed by atoms with Crippen molar-refractivity contribution in [3.8, 4) is 0 Å². The van der Waals surface area contributed by atoms with Crippen LogP contribution < -0.4 is 5.73 Å². The first-order valence-corrected chi connectivity index (χ1v) is 5.19. The van der Waals surface area contributed by atoms with E-state index in [0.717, 1.165) is 5.69 Å². The van der Waals surface area contributed by atoms with Crippen LogP contribution in [-0.4, -0.2) is 28.9 Å². The number of hydrogen-bond donors (Lipinski definition) is 2. The van der Waals surface area contributed by atoms with Crippen LogP contribution in [0.3, 0.4) is 0 Å². The van der Waals surface area contributed by atoms with Crippen LogP contribution in [-0.2, 0) is 17.3 Å². The van der Waals surface area contributed by atoms with E-state index in [9.17, 15) is 9.90 Å². The van der Waals surface area contributed by atoms with Gasteiger partial charge in [-0.1, -0.05) is 0 Å². The van der Waals surface area contributed by atoms with Gasteiger partial charge in [0.25, 0.3) is 0 Å². The lowest BCUT2D eigenvalue weighted by molar-refractivity contribution is 0.0173. The van der Waals surface area contributed by atoms with Crippen molar-refractivity contribution >= 4 is 5.97 Å². The van der Waals surface area contributed by atoms with E-state index in [2.05, 4.69) is 4.74 Å². The Hall–Kier alpha value is -1.33. The average Bonchev–Trinajstić information content (AvgIpc) is 2.57. The number of rotatable bonds is 2. The first kappa shape index (κ1) is 11.2. The Bertz CT molecular complexity index is 419. The Morgan fingerprint density at radius 1 is 1.62 bits per heavy atom. The van der Waals surface area contributed by atoms with E-state index in [-0.39, 0.29) is 12.1 Å². The Morgan fingerprint density at radius 2 is 2.25 bits per heavy atom. The van der Waals surface area contributed by atoms with E-state index in [1.54, 1.807) is 17.7 Å². The molecule has 0 aromatic carbocycles. The summed E-state index contributed by atoms with van der Waals surface area (Å²) in [6, 6.07) is 3.51. The summed E-state index contributed by atoms with van der Waals surface area (Å²) in [6.07, 6.45) is 0.734. The first-order chi connectivity index (χ1) is 7.48. The van der Waals surface area contributed by atoms with Crippen molar-refractivity contribution in [2.24, 2.45) is 12.8 Å². The lowest BCUT2D eigenvalue weighted by Gasteiger charge is -2.42. The molecule has 5 nitrogen and oxygen atoms in total. The van der Waals surface area contributed by atoms with E-state index in [1.807, 2.05) is 6.07 Å². The minimum atomic E-state index is -0.513. The lowest BCUT2D eigenvalue weighted by Crippen LogP contribution is -2.52. The molecule has 0 aliphatic heterocycles. The number of aliphatic hydroxyl groups is 1. The molecular formula is C11H16N2O3. The van der Waals surface area contributed by atoms with Gasteiger partial charge in [-0.3, -0.25) is 0 Å². The molecule has 2 rings (SSSR count). The summed E-state index contributed by atoms with van der Waals surface area (Å²) < 4.78 is 6.40. The minimum Gasteiger partial charge on any atom is -0.464 e. The smallest absolute Gasteiger partial charge is 0.354 e. The van der Waals surface area contributed by atoms with Crippen LogP contribution in [0.1, 0.15) is 29.0 Å². The summed E-state index contributed by atoms with van der Waals surface area (Å²) in [7, 11) is 3.13. The molecule has 3 N–H and O–H groups in total. The van der Waals surface area contributed by atoms with Gasteiger partial charge in [0.15, 0.2) is 0 Å². The van der Waals surface area contributed by atoms with Crippen molar-refractivity contribution in [1.82, 2.24) is 4.57 Å². The van der Waals surface area contributed by atoms with Gasteiger partial charge in [-0.15, -0.1) is 0 Å². The minimum absolute atomic E-state index is 0.332. The number of aliphatic hydroxyl groups excluding tert-OH is 1. The molecule has 5 heteroatoms. The van der Waals surface area contributed by atoms with Gasteiger partial charge in [-0.25, -0.2) is 4.79 Å². The zero-order valence-electron chi connectivity index (χ0n) is 9.43. The van der Waals surface area contributed by atoms with Gasteiger partial charge >= 0.3 is 5.97 Å². The average molecular weight is 224 g/mol. The monoisotopic (exact) mass is 224 g/mol. The van der Waals surface area contributed by atoms with Gasteiger partial charge in [-0.05, 0) is 25.0 Å². The fourth-order valence-electron chi connectivity index (χ4n) is 2.31. The fourth-order valence-corrected chi connectivity index (χ4v) is 2.31. The van der Waals surface area contributed by atoms with E-state index in [1.165, 1.54) is 7.11 Å². The summed E-state index contributed by atoms with van der Waals surface area (Å²) in [4.78, 5) is 11.4. The second-order valence-corrected chi connectivity index (χ2v) is 4.37. The second kappa shape index (κ2) is 3.61. The van der Waals surface area contributed by atoms with Gasteiger partial charge in [0.1, 0.15) is 5.69 Å². The number of nitrogens with zero attached hydrogens (tertiary/aromatic N) is 1. The molecule has 0 spiro atoms. The highest BCUT2D eigenvalue weighted by Gasteiger charge is 2.43. The van der Waals surface area contributed by atoms with Crippen LogP contribution in [0, 0.1) is 0 Å². The van der Waals surface area contributed by atoms with Crippen molar-refractivity contribution in [2.45, 2.75) is 24.5 Å². The van der Waals surface area contributed by atoms with Crippen molar-refractivity contribution in [2.75, 3.05) is 7.11 Å². The molecular weight excluding hydrogens is 208 g/mol. The first-order valence-electron chi connectivity index (χ1n) is 5.19. The highest BCUT2D eigenvalue weighted by molar-refractivity contribution is 5.87.